The molecule has 1 aliphatic heterocycles. The molecular formula is C30H36N4O2. The van der Waals surface area contributed by atoms with Crippen LogP contribution in [0.3, 0.4) is 0 Å². The van der Waals surface area contributed by atoms with Gasteiger partial charge >= 0.3 is 0 Å². The van der Waals surface area contributed by atoms with Crippen LogP contribution in [0.1, 0.15) is 33.9 Å². The fourth-order valence-corrected chi connectivity index (χ4v) is 5.06. The maximum absolute atomic E-state index is 12.6. The summed E-state index contributed by atoms with van der Waals surface area (Å²) in [6.07, 6.45) is 0. The van der Waals surface area contributed by atoms with Crippen LogP contribution in [0.25, 0.3) is 0 Å². The fourth-order valence-electron chi connectivity index (χ4n) is 5.06. The van der Waals surface area contributed by atoms with Crippen molar-refractivity contribution in [1.82, 2.24) is 15.1 Å². The molecule has 2 amide bonds. The van der Waals surface area contributed by atoms with Crippen molar-refractivity contribution < 1.29 is 9.59 Å². The van der Waals surface area contributed by atoms with Crippen LogP contribution in [0.4, 0.5) is 5.69 Å². The minimum Gasteiger partial charge on any atom is -0.346 e. The van der Waals surface area contributed by atoms with Crippen LogP contribution in [0.2, 0.25) is 0 Å². The van der Waals surface area contributed by atoms with Gasteiger partial charge in [-0.3, -0.25) is 19.4 Å². The number of hydrogen-bond acceptors (Lipinski definition) is 4. The van der Waals surface area contributed by atoms with E-state index < -0.39 is 0 Å². The highest BCUT2D eigenvalue weighted by Crippen LogP contribution is 2.29. The van der Waals surface area contributed by atoms with Crippen LogP contribution in [0, 0.1) is 20.8 Å². The third-order valence-corrected chi connectivity index (χ3v) is 6.76. The van der Waals surface area contributed by atoms with E-state index in [1.54, 1.807) is 0 Å². The van der Waals surface area contributed by atoms with E-state index in [1.165, 1.54) is 11.1 Å². The first-order chi connectivity index (χ1) is 17.4. The highest BCUT2D eigenvalue weighted by Gasteiger charge is 2.27. The molecule has 0 bridgehead atoms. The average molecular weight is 485 g/mol. The Morgan fingerprint density at radius 2 is 1.31 bits per heavy atom. The molecule has 6 nitrogen and oxygen atoms in total. The zero-order valence-electron chi connectivity index (χ0n) is 21.5. The Bertz CT molecular complexity index is 1110. The Hall–Kier alpha value is -3.48. The summed E-state index contributed by atoms with van der Waals surface area (Å²) in [6.45, 7) is 9.61. The quantitative estimate of drug-likeness (QED) is 0.506. The van der Waals surface area contributed by atoms with Gasteiger partial charge in [-0.05, 0) is 43.0 Å². The van der Waals surface area contributed by atoms with Gasteiger partial charge in [-0.15, -0.1) is 0 Å². The highest BCUT2D eigenvalue weighted by molar-refractivity contribution is 5.96. The topological polar surface area (TPSA) is 64.7 Å². The minimum absolute atomic E-state index is 0.0321. The molecule has 0 atom stereocenters. The number of amides is 2. The van der Waals surface area contributed by atoms with Crippen molar-refractivity contribution in [3.05, 3.63) is 101 Å². The molecule has 1 saturated heterocycles. The maximum Gasteiger partial charge on any atom is 0.243 e. The number of benzene rings is 3. The second-order valence-electron chi connectivity index (χ2n) is 9.63. The first-order valence-electron chi connectivity index (χ1n) is 12.6. The van der Waals surface area contributed by atoms with Crippen LogP contribution in [0.5, 0.6) is 0 Å². The predicted molar refractivity (Wildman–Crippen MR) is 145 cm³/mol. The lowest BCUT2D eigenvalue weighted by molar-refractivity contribution is -0.125. The third kappa shape index (κ3) is 6.59. The van der Waals surface area contributed by atoms with E-state index in [0.717, 1.165) is 48.6 Å². The molecule has 0 saturated carbocycles. The van der Waals surface area contributed by atoms with E-state index in [1.807, 2.05) is 45.0 Å². The van der Waals surface area contributed by atoms with E-state index in [2.05, 4.69) is 69.0 Å². The van der Waals surface area contributed by atoms with E-state index in [9.17, 15) is 9.59 Å². The molecule has 3 aromatic rings. The van der Waals surface area contributed by atoms with Gasteiger partial charge < -0.3 is 10.6 Å². The molecule has 188 valence electrons. The molecule has 0 spiro atoms. The first-order valence-corrected chi connectivity index (χ1v) is 12.6. The van der Waals surface area contributed by atoms with E-state index in [0.29, 0.717) is 6.54 Å². The molecule has 1 heterocycles. The standard InChI is InChI=1S/C30H36N4O2/c1-22-18-23(2)29(24(3)19-22)32-27(35)20-31-28(36)21-33-14-16-34(17-15-33)30(25-10-6-4-7-11-25)26-12-8-5-9-13-26/h4-13,18-19,30H,14-17,20-21H2,1-3H3,(H,31,36)(H,32,35). The lowest BCUT2D eigenvalue weighted by Gasteiger charge is -2.39. The summed E-state index contributed by atoms with van der Waals surface area (Å²) < 4.78 is 0. The molecule has 0 unspecified atom stereocenters. The van der Waals surface area contributed by atoms with E-state index >= 15 is 0 Å². The van der Waals surface area contributed by atoms with Gasteiger partial charge in [-0.2, -0.15) is 0 Å². The summed E-state index contributed by atoms with van der Waals surface area (Å²) >= 11 is 0. The Labute approximate surface area is 214 Å². The minimum atomic E-state index is -0.211. The zero-order valence-corrected chi connectivity index (χ0v) is 21.5. The number of nitrogens with zero attached hydrogens (tertiary/aromatic N) is 2. The van der Waals surface area contributed by atoms with Gasteiger partial charge in [-0.25, -0.2) is 0 Å². The smallest absolute Gasteiger partial charge is 0.243 e. The van der Waals surface area contributed by atoms with Crippen LogP contribution < -0.4 is 10.6 Å². The molecule has 3 aromatic carbocycles. The molecule has 1 fully saturated rings. The van der Waals surface area contributed by atoms with Gasteiger partial charge in [0.25, 0.3) is 0 Å². The molecule has 6 heteroatoms. The van der Waals surface area contributed by atoms with Crippen molar-refractivity contribution >= 4 is 17.5 Å². The predicted octanol–water partition coefficient (Wildman–Crippen LogP) is 4.07. The van der Waals surface area contributed by atoms with Crippen LogP contribution >= 0.6 is 0 Å². The lowest BCUT2D eigenvalue weighted by atomic mass is 9.96. The lowest BCUT2D eigenvalue weighted by Crippen LogP contribution is -2.50. The monoisotopic (exact) mass is 484 g/mol. The van der Waals surface area contributed by atoms with Gasteiger partial charge in [0.2, 0.25) is 11.8 Å². The second kappa shape index (κ2) is 12.0. The van der Waals surface area contributed by atoms with E-state index in [4.69, 9.17) is 0 Å². The number of hydrogen-bond donors (Lipinski definition) is 2. The van der Waals surface area contributed by atoms with Crippen LogP contribution in [0.15, 0.2) is 72.8 Å². The van der Waals surface area contributed by atoms with Crippen molar-refractivity contribution in [2.45, 2.75) is 26.8 Å². The number of rotatable bonds is 8. The summed E-state index contributed by atoms with van der Waals surface area (Å²) in [4.78, 5) is 29.6. The molecule has 4 rings (SSSR count). The summed E-state index contributed by atoms with van der Waals surface area (Å²) in [5.74, 6) is -0.338. The van der Waals surface area contributed by atoms with E-state index in [-0.39, 0.29) is 24.4 Å². The van der Waals surface area contributed by atoms with Crippen molar-refractivity contribution in [3.8, 4) is 0 Å². The van der Waals surface area contributed by atoms with Gasteiger partial charge in [0.15, 0.2) is 0 Å². The average Bonchev–Trinajstić information content (AvgIpc) is 2.87. The normalized spacial score (nSPS) is 14.6. The molecule has 2 N–H and O–H groups in total. The fraction of sp³-hybridized carbons (Fsp3) is 0.333. The second-order valence-corrected chi connectivity index (χ2v) is 9.63. The van der Waals surface area contributed by atoms with Gasteiger partial charge in [-0.1, -0.05) is 78.4 Å². The highest BCUT2D eigenvalue weighted by atomic mass is 16.2. The van der Waals surface area contributed by atoms with Crippen molar-refractivity contribution in [2.24, 2.45) is 0 Å². The number of piperazine rings is 1. The number of aryl methyl sites for hydroxylation is 3. The molecular weight excluding hydrogens is 448 g/mol. The summed E-state index contributed by atoms with van der Waals surface area (Å²) in [7, 11) is 0. The number of nitrogens with one attached hydrogen (secondary N) is 2. The largest absolute Gasteiger partial charge is 0.346 e. The maximum atomic E-state index is 12.6. The number of carbonyl (C=O) groups is 2. The van der Waals surface area contributed by atoms with Crippen LogP contribution in [-0.2, 0) is 9.59 Å². The van der Waals surface area contributed by atoms with Crippen LogP contribution in [-0.4, -0.2) is 60.9 Å². The van der Waals surface area contributed by atoms with Gasteiger partial charge in [0.05, 0.1) is 19.1 Å². The first kappa shape index (κ1) is 25.6. The third-order valence-electron chi connectivity index (χ3n) is 6.76. The molecule has 0 radical (unpaired) electrons. The van der Waals surface area contributed by atoms with Crippen molar-refractivity contribution in [3.63, 3.8) is 0 Å². The number of anilines is 1. The van der Waals surface area contributed by atoms with Gasteiger partial charge in [0, 0.05) is 31.9 Å². The molecule has 0 aliphatic carbocycles. The Balaban J connectivity index is 1.27. The van der Waals surface area contributed by atoms with Crippen molar-refractivity contribution in [2.75, 3.05) is 44.6 Å². The van der Waals surface area contributed by atoms with Crippen molar-refractivity contribution in [1.29, 1.82) is 0 Å². The molecule has 0 aromatic heterocycles. The number of carbonyl (C=O) groups excluding carboxylic acids is 2. The SMILES string of the molecule is Cc1cc(C)c(NC(=O)CNC(=O)CN2CCN(C(c3ccccc3)c3ccccc3)CC2)c(C)c1. The molecule has 1 aliphatic rings. The molecule has 36 heavy (non-hydrogen) atoms. The Kier molecular flexibility index (Phi) is 8.52. The summed E-state index contributed by atoms with van der Waals surface area (Å²) in [6, 6.07) is 25.5. The summed E-state index contributed by atoms with van der Waals surface area (Å²) in [5.41, 5.74) is 6.58. The zero-order chi connectivity index (χ0) is 25.5. The Morgan fingerprint density at radius 1 is 0.778 bits per heavy atom. The summed E-state index contributed by atoms with van der Waals surface area (Å²) in [5, 5.41) is 5.72. The Morgan fingerprint density at radius 3 is 1.83 bits per heavy atom. The van der Waals surface area contributed by atoms with Gasteiger partial charge in [0.1, 0.15) is 0 Å².